The molecule has 5 nitrogen and oxygen atoms in total. The fraction of sp³-hybridized carbons (Fsp3) is 0.625. The zero-order chi connectivity index (χ0) is 14.9. The maximum Gasteiger partial charge on any atom is 0.185 e. The molecule has 0 saturated carbocycles. The van der Waals surface area contributed by atoms with Gasteiger partial charge in [-0.05, 0) is 26.2 Å². The minimum absolute atomic E-state index is 0.595. The molecular formula is C16H23N5S. The van der Waals surface area contributed by atoms with E-state index >= 15 is 0 Å². The molecule has 0 radical (unpaired) electrons. The molecule has 2 aliphatic heterocycles. The number of nitrogens with one attached hydrogen (secondary N) is 1. The van der Waals surface area contributed by atoms with Crippen molar-refractivity contribution in [2.45, 2.75) is 51.2 Å². The van der Waals surface area contributed by atoms with Gasteiger partial charge in [0.1, 0.15) is 5.82 Å². The van der Waals surface area contributed by atoms with Crippen LogP contribution in [0.25, 0.3) is 0 Å². The number of thiazole rings is 1. The fourth-order valence-electron chi connectivity index (χ4n) is 3.67. The number of aromatic nitrogens is 3. The van der Waals surface area contributed by atoms with Gasteiger partial charge in [0.15, 0.2) is 5.13 Å². The molecule has 1 fully saturated rings. The van der Waals surface area contributed by atoms with Gasteiger partial charge in [-0.1, -0.05) is 0 Å². The Bertz CT molecular complexity index is 613. The van der Waals surface area contributed by atoms with Crippen molar-refractivity contribution in [2.24, 2.45) is 0 Å². The average molecular weight is 317 g/mol. The van der Waals surface area contributed by atoms with Crippen LogP contribution in [0, 0.1) is 6.92 Å². The van der Waals surface area contributed by atoms with Gasteiger partial charge in [0, 0.05) is 55.9 Å². The van der Waals surface area contributed by atoms with Gasteiger partial charge in [-0.3, -0.25) is 0 Å². The lowest BCUT2D eigenvalue weighted by Gasteiger charge is -2.35. The first-order valence-electron chi connectivity index (χ1n) is 8.21. The smallest absolute Gasteiger partial charge is 0.185 e. The third-order valence-corrected chi connectivity index (χ3v) is 5.60. The Balaban J connectivity index is 1.30. The number of imidazole rings is 1. The van der Waals surface area contributed by atoms with Crippen LogP contribution in [-0.2, 0) is 13.0 Å². The Kier molecular flexibility index (Phi) is 3.88. The molecule has 2 aromatic heterocycles. The van der Waals surface area contributed by atoms with E-state index in [1.54, 1.807) is 11.3 Å². The summed E-state index contributed by atoms with van der Waals surface area (Å²) in [6, 6.07) is 1.24. The predicted octanol–water partition coefficient (Wildman–Crippen LogP) is 2.22. The summed E-state index contributed by atoms with van der Waals surface area (Å²) in [6.07, 6.45) is 8.83. The number of anilines is 1. The summed E-state index contributed by atoms with van der Waals surface area (Å²) >= 11 is 1.75. The first kappa shape index (κ1) is 14.2. The summed E-state index contributed by atoms with van der Waals surface area (Å²) in [6.45, 7) is 5.39. The van der Waals surface area contributed by atoms with Crippen LogP contribution in [0.1, 0.15) is 30.8 Å². The first-order valence-corrected chi connectivity index (χ1v) is 9.09. The van der Waals surface area contributed by atoms with E-state index in [1.807, 2.05) is 6.20 Å². The largest absolute Gasteiger partial charge is 0.348 e. The van der Waals surface area contributed by atoms with E-state index in [0.29, 0.717) is 12.1 Å². The summed E-state index contributed by atoms with van der Waals surface area (Å²) in [7, 11) is 0. The van der Waals surface area contributed by atoms with E-state index in [2.05, 4.69) is 43.3 Å². The van der Waals surface area contributed by atoms with Gasteiger partial charge in [-0.2, -0.15) is 0 Å². The van der Waals surface area contributed by atoms with Gasteiger partial charge in [-0.15, -0.1) is 11.3 Å². The van der Waals surface area contributed by atoms with Crippen molar-refractivity contribution >= 4 is 16.5 Å². The molecule has 2 aliphatic rings. The summed E-state index contributed by atoms with van der Waals surface area (Å²) in [5.74, 6) is 1.26. The molecule has 4 heterocycles. The zero-order valence-corrected chi connectivity index (χ0v) is 13.9. The topological polar surface area (TPSA) is 46.0 Å². The van der Waals surface area contributed by atoms with Crippen LogP contribution in [0.15, 0.2) is 17.8 Å². The van der Waals surface area contributed by atoms with Crippen LogP contribution >= 0.6 is 11.3 Å². The van der Waals surface area contributed by atoms with Crippen molar-refractivity contribution < 1.29 is 0 Å². The number of nitrogens with zero attached hydrogens (tertiary/aromatic N) is 4. The maximum absolute atomic E-state index is 4.59. The van der Waals surface area contributed by atoms with Gasteiger partial charge >= 0.3 is 0 Å². The third kappa shape index (κ3) is 2.90. The quantitative estimate of drug-likeness (QED) is 0.943. The normalized spacial score (nSPS) is 22.8. The predicted molar refractivity (Wildman–Crippen MR) is 89.6 cm³/mol. The molecule has 4 rings (SSSR count). The van der Waals surface area contributed by atoms with Crippen LogP contribution in [-0.4, -0.2) is 39.7 Å². The van der Waals surface area contributed by atoms with Crippen LogP contribution in [0.2, 0.25) is 0 Å². The van der Waals surface area contributed by atoms with Crippen molar-refractivity contribution in [3.63, 3.8) is 0 Å². The minimum Gasteiger partial charge on any atom is -0.348 e. The second-order valence-corrected chi connectivity index (χ2v) is 7.30. The average Bonchev–Trinajstić information content (AvgIpc) is 3.16. The Labute approximate surface area is 135 Å². The molecule has 6 heteroatoms. The van der Waals surface area contributed by atoms with Crippen molar-refractivity contribution in [2.75, 3.05) is 18.0 Å². The molecule has 0 aromatic carbocycles. The Hall–Kier alpha value is -1.40. The number of fused-ring (bicyclic) bond motifs is 1. The Morgan fingerprint density at radius 1 is 1.23 bits per heavy atom. The van der Waals surface area contributed by atoms with E-state index < -0.39 is 0 Å². The maximum atomic E-state index is 4.59. The van der Waals surface area contributed by atoms with Crippen molar-refractivity contribution in [1.29, 1.82) is 0 Å². The van der Waals surface area contributed by atoms with Crippen LogP contribution in [0.5, 0.6) is 0 Å². The highest BCUT2D eigenvalue weighted by atomic mass is 32.1. The summed E-state index contributed by atoms with van der Waals surface area (Å²) in [5.41, 5.74) is 1.15. The van der Waals surface area contributed by atoms with E-state index in [4.69, 9.17) is 0 Å². The summed E-state index contributed by atoms with van der Waals surface area (Å²) < 4.78 is 2.33. The van der Waals surface area contributed by atoms with Crippen molar-refractivity contribution in [1.82, 2.24) is 19.9 Å². The molecule has 22 heavy (non-hydrogen) atoms. The molecule has 0 aliphatic carbocycles. The monoisotopic (exact) mass is 317 g/mol. The third-order valence-electron chi connectivity index (χ3n) is 4.77. The van der Waals surface area contributed by atoms with Gasteiger partial charge < -0.3 is 14.8 Å². The van der Waals surface area contributed by atoms with Crippen LogP contribution < -0.4 is 10.2 Å². The number of hydrogen-bond acceptors (Lipinski definition) is 5. The molecule has 2 aromatic rings. The van der Waals surface area contributed by atoms with E-state index in [1.165, 1.54) is 30.2 Å². The van der Waals surface area contributed by atoms with Crippen LogP contribution in [0.4, 0.5) is 5.13 Å². The lowest BCUT2D eigenvalue weighted by atomic mass is 10.0. The molecule has 1 saturated heterocycles. The highest BCUT2D eigenvalue weighted by molar-refractivity contribution is 7.13. The molecular weight excluding hydrogens is 294 g/mol. The SMILES string of the molecule is Cc1cn2c(n1)CC[C@H](NC1CCN(c3nccs3)CC1)C2. The number of rotatable bonds is 3. The molecule has 118 valence electrons. The molecule has 0 unspecified atom stereocenters. The van der Waals surface area contributed by atoms with Gasteiger partial charge in [-0.25, -0.2) is 9.97 Å². The van der Waals surface area contributed by atoms with Crippen LogP contribution in [0.3, 0.4) is 0 Å². The van der Waals surface area contributed by atoms with Gasteiger partial charge in [0.2, 0.25) is 0 Å². The molecule has 0 spiro atoms. The van der Waals surface area contributed by atoms with E-state index in [-0.39, 0.29) is 0 Å². The lowest BCUT2D eigenvalue weighted by molar-refractivity contribution is 0.310. The Morgan fingerprint density at radius 2 is 2.09 bits per heavy atom. The number of piperidine rings is 1. The second-order valence-electron chi connectivity index (χ2n) is 6.43. The molecule has 1 atom stereocenters. The van der Waals surface area contributed by atoms with Crippen molar-refractivity contribution in [3.8, 4) is 0 Å². The number of aryl methyl sites for hydroxylation is 2. The summed E-state index contributed by atoms with van der Waals surface area (Å²) in [4.78, 5) is 11.4. The first-order chi connectivity index (χ1) is 10.8. The van der Waals surface area contributed by atoms with Crippen molar-refractivity contribution in [3.05, 3.63) is 29.3 Å². The molecule has 0 amide bonds. The molecule has 0 bridgehead atoms. The zero-order valence-electron chi connectivity index (χ0n) is 13.0. The fourth-order valence-corrected chi connectivity index (χ4v) is 4.36. The van der Waals surface area contributed by atoms with Gasteiger partial charge in [0.05, 0.1) is 5.69 Å². The van der Waals surface area contributed by atoms with Gasteiger partial charge in [0.25, 0.3) is 0 Å². The Morgan fingerprint density at radius 3 is 2.86 bits per heavy atom. The number of hydrogen-bond donors (Lipinski definition) is 1. The molecule has 1 N–H and O–H groups in total. The standard InChI is InChI=1S/C16H23N5S/c1-12-10-21-11-14(2-3-15(21)18-12)19-13-4-7-20(8-5-13)16-17-6-9-22-16/h6,9-10,13-14,19H,2-5,7-8,11H2,1H3/t14-/m0/s1. The minimum atomic E-state index is 0.595. The summed E-state index contributed by atoms with van der Waals surface area (Å²) in [5, 5.41) is 7.12. The second kappa shape index (κ2) is 6.01. The lowest BCUT2D eigenvalue weighted by Crippen LogP contribution is -2.48. The highest BCUT2D eigenvalue weighted by Gasteiger charge is 2.25. The highest BCUT2D eigenvalue weighted by Crippen LogP contribution is 2.23. The van der Waals surface area contributed by atoms with E-state index in [0.717, 1.165) is 31.7 Å². The van der Waals surface area contributed by atoms with E-state index in [9.17, 15) is 0 Å².